The summed E-state index contributed by atoms with van der Waals surface area (Å²) in [5.41, 5.74) is 2.50. The molecule has 140 valence electrons. The van der Waals surface area contributed by atoms with Crippen LogP contribution in [0.4, 0.5) is 0 Å². The van der Waals surface area contributed by atoms with Crippen LogP contribution >= 0.6 is 0 Å². The minimum absolute atomic E-state index is 0.618. The number of benzene rings is 2. The Morgan fingerprint density at radius 1 is 1.00 bits per heavy atom. The maximum Gasteiger partial charge on any atom is 0.119 e. The van der Waals surface area contributed by atoms with Crippen molar-refractivity contribution in [2.45, 2.75) is 51.8 Å². The fraction of sp³-hybridized carbons (Fsp3) is 0.478. The van der Waals surface area contributed by atoms with Gasteiger partial charge in [-0.1, -0.05) is 48.9 Å². The zero-order chi connectivity index (χ0) is 18.0. The molecule has 0 bridgehead atoms. The second-order valence-corrected chi connectivity index (χ2v) is 7.33. The van der Waals surface area contributed by atoms with Gasteiger partial charge in [0.15, 0.2) is 0 Å². The molecular formula is C23H32N2O. The van der Waals surface area contributed by atoms with E-state index in [0.717, 1.165) is 24.9 Å². The third-order valence-corrected chi connectivity index (χ3v) is 5.24. The van der Waals surface area contributed by atoms with Gasteiger partial charge in [0.1, 0.15) is 12.4 Å². The molecule has 0 spiro atoms. The molecule has 1 fully saturated rings. The summed E-state index contributed by atoms with van der Waals surface area (Å²) in [7, 11) is 0. The van der Waals surface area contributed by atoms with Crippen molar-refractivity contribution in [1.82, 2.24) is 10.2 Å². The molecule has 1 aliphatic heterocycles. The largest absolute Gasteiger partial charge is 0.489 e. The van der Waals surface area contributed by atoms with E-state index in [1.165, 1.54) is 49.9 Å². The number of piperidine rings is 1. The van der Waals surface area contributed by atoms with Crippen LogP contribution in [-0.4, -0.2) is 30.6 Å². The third kappa shape index (κ3) is 6.15. The summed E-state index contributed by atoms with van der Waals surface area (Å²) in [5.74, 6) is 0.927. The Morgan fingerprint density at radius 2 is 1.81 bits per heavy atom. The number of ether oxygens (including phenoxy) is 1. The van der Waals surface area contributed by atoms with Crippen molar-refractivity contribution >= 4 is 0 Å². The minimum Gasteiger partial charge on any atom is -0.489 e. The molecule has 0 saturated carbocycles. The van der Waals surface area contributed by atoms with E-state index in [9.17, 15) is 0 Å². The Bertz CT molecular complexity index is 626. The van der Waals surface area contributed by atoms with E-state index < -0.39 is 0 Å². The Hall–Kier alpha value is -1.84. The van der Waals surface area contributed by atoms with Gasteiger partial charge in [-0.25, -0.2) is 0 Å². The van der Waals surface area contributed by atoms with Gasteiger partial charge in [0.25, 0.3) is 0 Å². The predicted molar refractivity (Wildman–Crippen MR) is 108 cm³/mol. The highest BCUT2D eigenvalue weighted by Gasteiger charge is 2.16. The summed E-state index contributed by atoms with van der Waals surface area (Å²) >= 11 is 0. The van der Waals surface area contributed by atoms with Crippen LogP contribution < -0.4 is 10.1 Å². The molecule has 1 atom stereocenters. The number of nitrogens with zero attached hydrogens (tertiary/aromatic N) is 1. The van der Waals surface area contributed by atoms with Gasteiger partial charge in [0.05, 0.1) is 0 Å². The van der Waals surface area contributed by atoms with Crippen LogP contribution in [0.1, 0.15) is 43.7 Å². The SMILES string of the molecule is C[C@@H]1CCCCN1CCCNCc1ccc(OCc2ccccc2)cc1. The Kier molecular flexibility index (Phi) is 7.53. The van der Waals surface area contributed by atoms with Crippen molar-refractivity contribution in [1.29, 1.82) is 0 Å². The molecule has 3 nitrogen and oxygen atoms in total. The lowest BCUT2D eigenvalue weighted by Crippen LogP contribution is -2.38. The average Bonchev–Trinajstić information content (AvgIpc) is 2.69. The molecule has 1 aliphatic rings. The summed E-state index contributed by atoms with van der Waals surface area (Å²) in [4.78, 5) is 2.64. The smallest absolute Gasteiger partial charge is 0.119 e. The molecule has 0 amide bonds. The Labute approximate surface area is 158 Å². The standard InChI is InChI=1S/C23H32N2O/c1-20-8-5-6-16-25(20)17-7-15-24-18-21-11-13-23(14-12-21)26-19-22-9-3-2-4-10-22/h2-4,9-14,20,24H,5-8,15-19H2,1H3/t20-/m1/s1. The van der Waals surface area contributed by atoms with Crippen molar-refractivity contribution in [3.63, 3.8) is 0 Å². The van der Waals surface area contributed by atoms with Gasteiger partial charge in [-0.2, -0.15) is 0 Å². The third-order valence-electron chi connectivity index (χ3n) is 5.24. The van der Waals surface area contributed by atoms with Crippen LogP contribution in [0.3, 0.4) is 0 Å². The summed E-state index contributed by atoms with van der Waals surface area (Å²) in [6.45, 7) is 7.50. The van der Waals surface area contributed by atoms with Crippen molar-refractivity contribution in [3.05, 3.63) is 65.7 Å². The average molecular weight is 353 g/mol. The van der Waals surface area contributed by atoms with Crippen LogP contribution in [-0.2, 0) is 13.2 Å². The van der Waals surface area contributed by atoms with Gasteiger partial charge in [-0.05, 0) is 69.1 Å². The Morgan fingerprint density at radius 3 is 2.58 bits per heavy atom. The van der Waals surface area contributed by atoms with Crippen LogP contribution in [0.5, 0.6) is 5.75 Å². The summed E-state index contributed by atoms with van der Waals surface area (Å²) in [5, 5.41) is 3.57. The highest BCUT2D eigenvalue weighted by Crippen LogP contribution is 2.16. The number of hydrogen-bond donors (Lipinski definition) is 1. The molecule has 2 aromatic rings. The topological polar surface area (TPSA) is 24.5 Å². The van der Waals surface area contributed by atoms with Crippen LogP contribution in [0.2, 0.25) is 0 Å². The quantitative estimate of drug-likeness (QED) is 0.667. The zero-order valence-electron chi connectivity index (χ0n) is 16.0. The Balaban J connectivity index is 1.31. The van der Waals surface area contributed by atoms with Crippen LogP contribution in [0.15, 0.2) is 54.6 Å². The fourth-order valence-corrected chi connectivity index (χ4v) is 3.57. The molecule has 3 heteroatoms. The molecule has 0 aromatic heterocycles. The van der Waals surface area contributed by atoms with Crippen LogP contribution in [0, 0.1) is 0 Å². The van der Waals surface area contributed by atoms with Gasteiger partial charge in [-0.3, -0.25) is 0 Å². The predicted octanol–water partition coefficient (Wildman–Crippen LogP) is 4.62. The zero-order valence-corrected chi connectivity index (χ0v) is 16.0. The van der Waals surface area contributed by atoms with E-state index in [2.05, 4.69) is 53.5 Å². The van der Waals surface area contributed by atoms with E-state index in [-0.39, 0.29) is 0 Å². The van der Waals surface area contributed by atoms with Crippen LogP contribution in [0.25, 0.3) is 0 Å². The fourth-order valence-electron chi connectivity index (χ4n) is 3.57. The van der Waals surface area contributed by atoms with Gasteiger partial charge in [-0.15, -0.1) is 0 Å². The molecule has 1 N–H and O–H groups in total. The van der Waals surface area contributed by atoms with Gasteiger partial charge in [0, 0.05) is 12.6 Å². The van der Waals surface area contributed by atoms with Crippen molar-refractivity contribution in [2.24, 2.45) is 0 Å². The lowest BCUT2D eigenvalue weighted by Gasteiger charge is -2.33. The minimum atomic E-state index is 0.618. The van der Waals surface area contributed by atoms with E-state index in [0.29, 0.717) is 6.61 Å². The maximum atomic E-state index is 5.84. The van der Waals surface area contributed by atoms with Gasteiger partial charge < -0.3 is 15.0 Å². The highest BCUT2D eigenvalue weighted by atomic mass is 16.5. The monoisotopic (exact) mass is 352 g/mol. The summed E-state index contributed by atoms with van der Waals surface area (Å²) in [6, 6.07) is 19.5. The van der Waals surface area contributed by atoms with Crippen molar-refractivity contribution < 1.29 is 4.74 Å². The normalized spacial score (nSPS) is 18.0. The first-order valence-electron chi connectivity index (χ1n) is 10.0. The second-order valence-electron chi connectivity index (χ2n) is 7.33. The van der Waals surface area contributed by atoms with Crippen molar-refractivity contribution in [3.8, 4) is 5.75 Å². The molecule has 0 radical (unpaired) electrons. The second kappa shape index (κ2) is 10.3. The summed E-state index contributed by atoms with van der Waals surface area (Å²) in [6.07, 6.45) is 5.37. The van der Waals surface area contributed by atoms with E-state index in [1.807, 2.05) is 18.2 Å². The first-order chi connectivity index (χ1) is 12.8. The molecule has 0 aliphatic carbocycles. The van der Waals surface area contributed by atoms with E-state index in [4.69, 9.17) is 4.74 Å². The molecule has 2 aromatic carbocycles. The van der Waals surface area contributed by atoms with Crippen molar-refractivity contribution in [2.75, 3.05) is 19.6 Å². The summed E-state index contributed by atoms with van der Waals surface area (Å²) < 4.78 is 5.84. The molecular weight excluding hydrogens is 320 g/mol. The van der Waals surface area contributed by atoms with E-state index in [1.54, 1.807) is 0 Å². The number of rotatable bonds is 9. The first-order valence-corrected chi connectivity index (χ1v) is 10.0. The number of hydrogen-bond acceptors (Lipinski definition) is 3. The molecule has 26 heavy (non-hydrogen) atoms. The van der Waals surface area contributed by atoms with E-state index >= 15 is 0 Å². The number of nitrogens with one attached hydrogen (secondary N) is 1. The van der Waals surface area contributed by atoms with Gasteiger partial charge >= 0.3 is 0 Å². The molecule has 0 unspecified atom stereocenters. The lowest BCUT2D eigenvalue weighted by molar-refractivity contribution is 0.159. The highest BCUT2D eigenvalue weighted by molar-refractivity contribution is 5.27. The number of likely N-dealkylation sites (tertiary alicyclic amines) is 1. The molecule has 3 rings (SSSR count). The lowest BCUT2D eigenvalue weighted by atomic mass is 10.0. The first kappa shape index (κ1) is 18.9. The molecule has 1 heterocycles. The molecule has 1 saturated heterocycles. The maximum absolute atomic E-state index is 5.84. The van der Waals surface area contributed by atoms with Gasteiger partial charge in [0.2, 0.25) is 0 Å².